The number of esters is 1. The third kappa shape index (κ3) is 7.71. The summed E-state index contributed by atoms with van der Waals surface area (Å²) in [5, 5.41) is 8.94. The highest BCUT2D eigenvalue weighted by Gasteiger charge is 2.30. The van der Waals surface area contributed by atoms with Crippen molar-refractivity contribution in [3.63, 3.8) is 0 Å². The van der Waals surface area contributed by atoms with Crippen molar-refractivity contribution in [1.29, 1.82) is 5.26 Å². The van der Waals surface area contributed by atoms with Crippen molar-refractivity contribution in [2.24, 2.45) is 0 Å². The van der Waals surface area contributed by atoms with Crippen LogP contribution in [0.2, 0.25) is 0 Å². The second-order valence-corrected chi connectivity index (χ2v) is 6.93. The van der Waals surface area contributed by atoms with Crippen LogP contribution in [0.25, 0.3) is 0 Å². The van der Waals surface area contributed by atoms with E-state index in [2.05, 4.69) is 0 Å². The van der Waals surface area contributed by atoms with Crippen LogP contribution in [0.4, 0.5) is 18.9 Å². The summed E-state index contributed by atoms with van der Waals surface area (Å²) >= 11 is 0. The maximum absolute atomic E-state index is 13.0. The zero-order valence-corrected chi connectivity index (χ0v) is 17.6. The fourth-order valence-electron chi connectivity index (χ4n) is 3.06. The van der Waals surface area contributed by atoms with E-state index in [9.17, 15) is 22.8 Å². The lowest BCUT2D eigenvalue weighted by Gasteiger charge is -2.27. The largest absolute Gasteiger partial charge is 0.465 e. The van der Waals surface area contributed by atoms with E-state index in [-0.39, 0.29) is 45.1 Å². The third-order valence-corrected chi connectivity index (χ3v) is 4.52. The van der Waals surface area contributed by atoms with Crippen LogP contribution < -0.4 is 4.90 Å². The van der Waals surface area contributed by atoms with E-state index in [1.54, 1.807) is 37.3 Å². The van der Waals surface area contributed by atoms with E-state index < -0.39 is 17.7 Å². The van der Waals surface area contributed by atoms with Crippen LogP contribution in [0.1, 0.15) is 24.5 Å². The minimum absolute atomic E-state index is 0.0730. The molecule has 0 bridgehead atoms. The molecule has 0 aliphatic heterocycles. The lowest BCUT2D eigenvalue weighted by molar-refractivity contribution is -0.144. The summed E-state index contributed by atoms with van der Waals surface area (Å²) in [6.45, 7) is 1.68. The van der Waals surface area contributed by atoms with Gasteiger partial charge in [-0.2, -0.15) is 18.4 Å². The maximum atomic E-state index is 13.0. The summed E-state index contributed by atoms with van der Waals surface area (Å²) in [7, 11) is 0. The predicted molar refractivity (Wildman–Crippen MR) is 112 cm³/mol. The third-order valence-electron chi connectivity index (χ3n) is 4.52. The Balaban J connectivity index is 2.20. The van der Waals surface area contributed by atoms with Crippen molar-refractivity contribution in [2.75, 3.05) is 31.1 Å². The molecular formula is C23H24F3N3O3. The topological polar surface area (TPSA) is 73.6 Å². The molecule has 0 radical (unpaired) electrons. The second-order valence-electron chi connectivity index (χ2n) is 6.93. The number of anilines is 1. The van der Waals surface area contributed by atoms with E-state index in [0.29, 0.717) is 11.3 Å². The summed E-state index contributed by atoms with van der Waals surface area (Å²) in [5.74, 6) is -0.891. The van der Waals surface area contributed by atoms with Gasteiger partial charge in [0.25, 0.3) is 0 Å². The zero-order valence-electron chi connectivity index (χ0n) is 17.6. The molecule has 0 N–H and O–H groups in total. The Labute approximate surface area is 184 Å². The molecule has 9 heteroatoms. The van der Waals surface area contributed by atoms with Crippen molar-refractivity contribution >= 4 is 17.6 Å². The summed E-state index contributed by atoms with van der Waals surface area (Å²) in [6.07, 6.45) is -4.33. The van der Waals surface area contributed by atoms with Crippen LogP contribution in [0, 0.1) is 11.3 Å². The van der Waals surface area contributed by atoms with Gasteiger partial charge in [0.1, 0.15) is 0 Å². The SMILES string of the molecule is CCOC(=O)CN(CC(=O)N(CCC#N)c1ccccc1)Cc1ccc(C(F)(F)F)cc1. The van der Waals surface area contributed by atoms with Gasteiger partial charge < -0.3 is 9.64 Å². The minimum Gasteiger partial charge on any atom is -0.465 e. The Morgan fingerprint density at radius 1 is 1.03 bits per heavy atom. The lowest BCUT2D eigenvalue weighted by Crippen LogP contribution is -2.42. The van der Waals surface area contributed by atoms with Gasteiger partial charge in [0.15, 0.2) is 0 Å². The molecule has 32 heavy (non-hydrogen) atoms. The number of hydrogen-bond acceptors (Lipinski definition) is 5. The van der Waals surface area contributed by atoms with Crippen molar-refractivity contribution in [2.45, 2.75) is 26.1 Å². The first-order valence-corrected chi connectivity index (χ1v) is 10.0. The fraction of sp³-hybridized carbons (Fsp3) is 0.348. The van der Waals surface area contributed by atoms with Gasteiger partial charge in [0.2, 0.25) is 5.91 Å². The maximum Gasteiger partial charge on any atom is 0.416 e. The number of rotatable bonds is 10. The van der Waals surface area contributed by atoms with Crippen LogP contribution in [0.15, 0.2) is 54.6 Å². The number of benzene rings is 2. The van der Waals surface area contributed by atoms with Crippen molar-refractivity contribution in [3.05, 3.63) is 65.7 Å². The molecule has 0 fully saturated rings. The van der Waals surface area contributed by atoms with Crippen LogP contribution in [-0.4, -0.2) is 43.0 Å². The molecule has 0 aromatic heterocycles. The first-order valence-electron chi connectivity index (χ1n) is 10.0. The first-order chi connectivity index (χ1) is 15.2. The molecule has 0 saturated carbocycles. The summed E-state index contributed by atoms with van der Waals surface area (Å²) in [5.41, 5.74) is 0.345. The van der Waals surface area contributed by atoms with Crippen molar-refractivity contribution in [1.82, 2.24) is 4.90 Å². The highest BCUT2D eigenvalue weighted by atomic mass is 19.4. The molecule has 0 atom stereocenters. The van der Waals surface area contributed by atoms with E-state index in [0.717, 1.165) is 12.1 Å². The minimum atomic E-state index is -4.45. The fourth-order valence-corrected chi connectivity index (χ4v) is 3.06. The Morgan fingerprint density at radius 2 is 1.69 bits per heavy atom. The van der Waals surface area contributed by atoms with E-state index in [1.807, 2.05) is 6.07 Å². The summed E-state index contributed by atoms with van der Waals surface area (Å²) < 4.78 is 43.4. The van der Waals surface area contributed by atoms with E-state index in [4.69, 9.17) is 10.00 Å². The Kier molecular flexibility index (Phi) is 9.22. The molecule has 0 unspecified atom stereocenters. The number of halogens is 3. The molecule has 1 amide bonds. The molecule has 0 aliphatic rings. The van der Waals surface area contributed by atoms with Crippen LogP contribution in [-0.2, 0) is 27.0 Å². The summed E-state index contributed by atoms with van der Waals surface area (Å²) in [4.78, 5) is 28.0. The van der Waals surface area contributed by atoms with Gasteiger partial charge in [0.05, 0.1) is 37.7 Å². The van der Waals surface area contributed by atoms with Gasteiger partial charge >= 0.3 is 12.1 Å². The molecule has 6 nitrogen and oxygen atoms in total. The second kappa shape index (κ2) is 11.9. The monoisotopic (exact) mass is 447 g/mol. The molecular weight excluding hydrogens is 423 g/mol. The van der Waals surface area contributed by atoms with Crippen LogP contribution in [0.3, 0.4) is 0 Å². The number of carbonyl (C=O) groups excluding carboxylic acids is 2. The van der Waals surface area contributed by atoms with Gasteiger partial charge in [0, 0.05) is 18.8 Å². The smallest absolute Gasteiger partial charge is 0.416 e. The molecule has 2 aromatic carbocycles. The predicted octanol–water partition coefficient (Wildman–Crippen LogP) is 4.02. The van der Waals surface area contributed by atoms with Gasteiger partial charge in [-0.15, -0.1) is 0 Å². The molecule has 2 rings (SSSR count). The molecule has 0 saturated heterocycles. The average Bonchev–Trinajstić information content (AvgIpc) is 2.74. The van der Waals surface area contributed by atoms with Gasteiger partial charge in [-0.1, -0.05) is 30.3 Å². The quantitative estimate of drug-likeness (QED) is 0.515. The molecule has 0 spiro atoms. The average molecular weight is 447 g/mol. The Bertz CT molecular complexity index is 925. The highest BCUT2D eigenvalue weighted by molar-refractivity contribution is 5.95. The molecule has 170 valence electrons. The van der Waals surface area contributed by atoms with Gasteiger partial charge in [-0.05, 0) is 36.8 Å². The number of nitriles is 1. The van der Waals surface area contributed by atoms with Crippen molar-refractivity contribution < 1.29 is 27.5 Å². The first kappa shape index (κ1) is 24.9. The molecule has 0 heterocycles. The number of alkyl halides is 3. The Hall–Kier alpha value is -3.38. The lowest BCUT2D eigenvalue weighted by atomic mass is 10.1. The zero-order chi connectivity index (χ0) is 23.6. The Morgan fingerprint density at radius 3 is 2.25 bits per heavy atom. The number of hydrogen-bond donors (Lipinski definition) is 0. The molecule has 2 aromatic rings. The van der Waals surface area contributed by atoms with Gasteiger partial charge in [-0.3, -0.25) is 14.5 Å². The van der Waals surface area contributed by atoms with Gasteiger partial charge in [-0.25, -0.2) is 0 Å². The summed E-state index contributed by atoms with van der Waals surface area (Å²) in [6, 6.07) is 15.4. The number of carbonyl (C=O) groups is 2. The van der Waals surface area contributed by atoms with E-state index >= 15 is 0 Å². The van der Waals surface area contributed by atoms with Crippen LogP contribution >= 0.6 is 0 Å². The van der Waals surface area contributed by atoms with Crippen molar-refractivity contribution in [3.8, 4) is 6.07 Å². The highest BCUT2D eigenvalue weighted by Crippen LogP contribution is 2.29. The number of amides is 1. The number of nitrogens with zero attached hydrogens (tertiary/aromatic N) is 3. The van der Waals surface area contributed by atoms with Crippen LogP contribution in [0.5, 0.6) is 0 Å². The van der Waals surface area contributed by atoms with E-state index in [1.165, 1.54) is 21.9 Å². The normalized spacial score (nSPS) is 11.1. The number of ether oxygens (including phenoxy) is 1. The standard InChI is InChI=1S/C23H24F3N3O3/c1-2-32-22(31)17-28(15-18-9-11-19(12-10-18)23(24,25)26)16-21(30)29(14-6-13-27)20-7-4-3-5-8-20/h3-5,7-12H,2,6,14-17H2,1H3. The molecule has 0 aliphatic carbocycles. The number of para-hydroxylation sites is 1.